The van der Waals surface area contributed by atoms with Crippen LogP contribution >= 0.6 is 11.6 Å². The predicted octanol–water partition coefficient (Wildman–Crippen LogP) is 3.34. The quantitative estimate of drug-likeness (QED) is 0.538. The highest BCUT2D eigenvalue weighted by molar-refractivity contribution is 6.29. The minimum atomic E-state index is 0.716. The van der Waals surface area contributed by atoms with Gasteiger partial charge in [0.15, 0.2) is 0 Å². The molecule has 0 N–H and O–H groups in total. The first kappa shape index (κ1) is 7.87. The van der Waals surface area contributed by atoms with E-state index in [0.717, 1.165) is 11.0 Å². The molecule has 0 aromatic carbocycles. The highest BCUT2D eigenvalue weighted by atomic mass is 35.5. The minimum Gasteiger partial charge on any atom is -0.0955 e. The Hall–Kier alpha value is -0.230. The van der Waals surface area contributed by atoms with Gasteiger partial charge in [0, 0.05) is 5.03 Å². The molecule has 1 rings (SSSR count). The molecule has 0 aromatic rings. The molecular weight excluding hydrogens is 144 g/mol. The van der Waals surface area contributed by atoms with Gasteiger partial charge in [0.25, 0.3) is 0 Å². The van der Waals surface area contributed by atoms with Crippen LogP contribution in [0.1, 0.15) is 20.3 Å². The fourth-order valence-corrected chi connectivity index (χ4v) is 1.34. The maximum Gasteiger partial charge on any atom is 0.0152 e. The Bertz CT molecular complexity index is 175. The van der Waals surface area contributed by atoms with Gasteiger partial charge in [0.2, 0.25) is 0 Å². The summed E-state index contributed by atoms with van der Waals surface area (Å²) in [4.78, 5) is 0. The number of hydrogen-bond donors (Lipinski definition) is 0. The molecule has 0 heterocycles. The van der Waals surface area contributed by atoms with Crippen molar-refractivity contribution in [2.75, 3.05) is 0 Å². The van der Waals surface area contributed by atoms with E-state index in [1.807, 2.05) is 13.0 Å². The van der Waals surface area contributed by atoms with Gasteiger partial charge < -0.3 is 0 Å². The van der Waals surface area contributed by atoms with E-state index in [2.05, 4.69) is 13.5 Å². The number of allylic oxidation sites excluding steroid dienone is 3. The molecule has 0 aliphatic heterocycles. The highest BCUT2D eigenvalue weighted by Crippen LogP contribution is 2.43. The summed E-state index contributed by atoms with van der Waals surface area (Å²) in [6.07, 6.45) is 3.26. The third kappa shape index (κ3) is 1.88. The van der Waals surface area contributed by atoms with Crippen molar-refractivity contribution in [2.45, 2.75) is 20.3 Å². The Morgan fingerprint density at radius 3 is 2.50 bits per heavy atom. The zero-order valence-corrected chi connectivity index (χ0v) is 7.28. The lowest BCUT2D eigenvalue weighted by Gasteiger charge is -1.94. The van der Waals surface area contributed by atoms with Gasteiger partial charge in [-0.1, -0.05) is 30.7 Å². The van der Waals surface area contributed by atoms with E-state index < -0.39 is 0 Å². The molecule has 0 saturated heterocycles. The van der Waals surface area contributed by atoms with Crippen molar-refractivity contribution >= 4 is 11.6 Å². The van der Waals surface area contributed by atoms with Crippen molar-refractivity contribution < 1.29 is 0 Å². The maximum atomic E-state index is 5.69. The maximum absolute atomic E-state index is 5.69. The van der Waals surface area contributed by atoms with Gasteiger partial charge in [-0.15, -0.1) is 0 Å². The number of hydrogen-bond acceptors (Lipinski definition) is 0. The van der Waals surface area contributed by atoms with Gasteiger partial charge in [0.05, 0.1) is 0 Å². The van der Waals surface area contributed by atoms with Crippen molar-refractivity contribution in [2.24, 2.45) is 11.8 Å². The Morgan fingerprint density at radius 1 is 1.70 bits per heavy atom. The van der Waals surface area contributed by atoms with Crippen molar-refractivity contribution in [3.05, 3.63) is 23.3 Å². The fourth-order valence-electron chi connectivity index (χ4n) is 1.20. The van der Waals surface area contributed by atoms with Crippen LogP contribution in [-0.2, 0) is 0 Å². The standard InChI is InChI=1S/C9H13Cl/c1-6(4-8(3)10)9-5-7(9)2/h4,7,9H,1,5H2,2-3H3. The van der Waals surface area contributed by atoms with Crippen LogP contribution in [0.2, 0.25) is 0 Å². The van der Waals surface area contributed by atoms with Gasteiger partial charge in [-0.3, -0.25) is 0 Å². The first-order valence-corrected chi connectivity index (χ1v) is 4.01. The third-order valence-corrected chi connectivity index (χ3v) is 2.08. The lowest BCUT2D eigenvalue weighted by atomic mass is 10.1. The summed E-state index contributed by atoms with van der Waals surface area (Å²) < 4.78 is 0. The topological polar surface area (TPSA) is 0 Å². The van der Waals surface area contributed by atoms with Crippen molar-refractivity contribution in [3.63, 3.8) is 0 Å². The third-order valence-electron chi connectivity index (χ3n) is 1.97. The summed E-state index contributed by atoms with van der Waals surface area (Å²) in [5.41, 5.74) is 1.19. The average molecular weight is 157 g/mol. The molecule has 0 aromatic heterocycles. The molecule has 1 aliphatic rings. The lowest BCUT2D eigenvalue weighted by molar-refractivity contribution is 0.875. The Kier molecular flexibility index (Phi) is 2.20. The van der Waals surface area contributed by atoms with Crippen molar-refractivity contribution in [3.8, 4) is 0 Å². The van der Waals surface area contributed by atoms with Crippen LogP contribution in [0.4, 0.5) is 0 Å². The summed E-state index contributed by atoms with van der Waals surface area (Å²) in [5, 5.41) is 0.837. The molecule has 2 atom stereocenters. The molecule has 1 fully saturated rings. The largest absolute Gasteiger partial charge is 0.0955 e. The minimum absolute atomic E-state index is 0.716. The second kappa shape index (κ2) is 2.79. The van der Waals surface area contributed by atoms with E-state index >= 15 is 0 Å². The summed E-state index contributed by atoms with van der Waals surface area (Å²) >= 11 is 5.69. The van der Waals surface area contributed by atoms with Gasteiger partial charge in [0.1, 0.15) is 0 Å². The van der Waals surface area contributed by atoms with Crippen molar-refractivity contribution in [1.82, 2.24) is 0 Å². The first-order valence-electron chi connectivity index (χ1n) is 3.64. The molecular formula is C9H13Cl. The zero-order chi connectivity index (χ0) is 7.72. The Balaban J connectivity index is 2.44. The number of halogens is 1. The van der Waals surface area contributed by atoms with Gasteiger partial charge >= 0.3 is 0 Å². The zero-order valence-electron chi connectivity index (χ0n) is 6.52. The van der Waals surface area contributed by atoms with Crippen LogP contribution in [-0.4, -0.2) is 0 Å². The average Bonchev–Trinajstić information content (AvgIpc) is 2.44. The van der Waals surface area contributed by atoms with Crippen LogP contribution < -0.4 is 0 Å². The molecule has 0 radical (unpaired) electrons. The van der Waals surface area contributed by atoms with E-state index in [9.17, 15) is 0 Å². The van der Waals surface area contributed by atoms with E-state index in [0.29, 0.717) is 5.92 Å². The molecule has 56 valence electrons. The van der Waals surface area contributed by atoms with E-state index in [1.54, 1.807) is 0 Å². The van der Waals surface area contributed by atoms with Gasteiger partial charge in [-0.05, 0) is 31.3 Å². The molecule has 0 spiro atoms. The molecule has 1 aliphatic carbocycles. The molecule has 1 saturated carbocycles. The fraction of sp³-hybridized carbons (Fsp3) is 0.556. The summed E-state index contributed by atoms with van der Waals surface area (Å²) in [5.74, 6) is 1.55. The Morgan fingerprint density at radius 2 is 2.20 bits per heavy atom. The van der Waals surface area contributed by atoms with Crippen LogP contribution in [0.25, 0.3) is 0 Å². The van der Waals surface area contributed by atoms with E-state index in [1.165, 1.54) is 12.0 Å². The molecule has 0 amide bonds. The molecule has 1 heteroatoms. The second-order valence-electron chi connectivity index (χ2n) is 3.13. The number of rotatable bonds is 2. The van der Waals surface area contributed by atoms with Gasteiger partial charge in [-0.2, -0.15) is 0 Å². The van der Waals surface area contributed by atoms with E-state index in [-0.39, 0.29) is 0 Å². The summed E-state index contributed by atoms with van der Waals surface area (Å²) in [7, 11) is 0. The molecule has 2 unspecified atom stereocenters. The monoisotopic (exact) mass is 156 g/mol. The predicted molar refractivity (Wildman–Crippen MR) is 46.0 cm³/mol. The van der Waals surface area contributed by atoms with Gasteiger partial charge in [-0.25, -0.2) is 0 Å². The van der Waals surface area contributed by atoms with Crippen LogP contribution in [0.3, 0.4) is 0 Å². The highest BCUT2D eigenvalue weighted by Gasteiger charge is 2.33. The first-order chi connectivity index (χ1) is 4.61. The molecule has 10 heavy (non-hydrogen) atoms. The molecule has 0 bridgehead atoms. The second-order valence-corrected chi connectivity index (χ2v) is 3.72. The van der Waals surface area contributed by atoms with Crippen LogP contribution in [0, 0.1) is 11.8 Å². The normalized spacial score (nSPS) is 32.1. The summed E-state index contributed by atoms with van der Waals surface area (Å²) in [6, 6.07) is 0. The lowest BCUT2D eigenvalue weighted by Crippen LogP contribution is -1.80. The smallest absolute Gasteiger partial charge is 0.0152 e. The summed E-state index contributed by atoms with van der Waals surface area (Å²) in [6.45, 7) is 8.08. The van der Waals surface area contributed by atoms with Crippen LogP contribution in [0.5, 0.6) is 0 Å². The Labute approximate surface area is 67.6 Å². The SMILES string of the molecule is C=C(C=C(C)Cl)C1CC1C. The van der Waals surface area contributed by atoms with E-state index in [4.69, 9.17) is 11.6 Å². The van der Waals surface area contributed by atoms with Crippen molar-refractivity contribution in [1.29, 1.82) is 0 Å². The molecule has 0 nitrogen and oxygen atoms in total. The van der Waals surface area contributed by atoms with Crippen LogP contribution in [0.15, 0.2) is 23.3 Å².